The van der Waals surface area contributed by atoms with Crippen molar-refractivity contribution in [3.63, 3.8) is 0 Å². The van der Waals surface area contributed by atoms with Gasteiger partial charge in [-0.3, -0.25) is 4.79 Å². The Labute approximate surface area is 103 Å². The van der Waals surface area contributed by atoms with Crippen LogP contribution in [-0.4, -0.2) is 28.2 Å². The van der Waals surface area contributed by atoms with Crippen LogP contribution in [0, 0.1) is 17.8 Å². The van der Waals surface area contributed by atoms with E-state index in [9.17, 15) is 15.0 Å². The van der Waals surface area contributed by atoms with Crippen LogP contribution in [0.25, 0.3) is 0 Å². The first-order valence-electron chi connectivity index (χ1n) is 6.70. The second-order valence-electron chi connectivity index (χ2n) is 5.43. The number of rotatable bonds is 5. The monoisotopic (exact) mass is 238 g/mol. The van der Waals surface area contributed by atoms with Gasteiger partial charge < -0.3 is 10.2 Å². The van der Waals surface area contributed by atoms with Gasteiger partial charge in [-0.25, -0.2) is 0 Å². The lowest BCUT2D eigenvalue weighted by molar-refractivity contribution is -0.135. The predicted molar refractivity (Wildman–Crippen MR) is 65.4 cm³/mol. The average Bonchev–Trinajstić information content (AvgIpc) is 2.56. The standard InChI is InChI=1S/C14H22O3/c1-2-3-4-10(15)6-5-9-7-11-12(14(9)17)8-13(11)16/h5-6,9-12,14-15,17H,2-4,7-8H2,1H3/t9?,10?,11-,12+,14?/m0/s1. The number of aliphatic hydroxyl groups excluding tert-OH is 2. The molecule has 3 unspecified atom stereocenters. The molecule has 0 bridgehead atoms. The van der Waals surface area contributed by atoms with E-state index in [2.05, 4.69) is 6.92 Å². The van der Waals surface area contributed by atoms with Crippen molar-refractivity contribution in [2.75, 3.05) is 0 Å². The van der Waals surface area contributed by atoms with Crippen molar-refractivity contribution in [3.05, 3.63) is 12.2 Å². The van der Waals surface area contributed by atoms with Gasteiger partial charge in [0.2, 0.25) is 0 Å². The first-order valence-corrected chi connectivity index (χ1v) is 6.70. The number of ketones is 1. The van der Waals surface area contributed by atoms with Gasteiger partial charge in [0.05, 0.1) is 12.2 Å². The smallest absolute Gasteiger partial charge is 0.136 e. The quantitative estimate of drug-likeness (QED) is 0.716. The van der Waals surface area contributed by atoms with Crippen molar-refractivity contribution in [2.45, 2.75) is 51.2 Å². The first kappa shape index (κ1) is 12.8. The molecular weight excluding hydrogens is 216 g/mol. The van der Waals surface area contributed by atoms with Gasteiger partial charge in [-0.2, -0.15) is 0 Å². The Bertz CT molecular complexity index is 311. The second kappa shape index (κ2) is 5.32. The third kappa shape index (κ3) is 2.61. The maximum atomic E-state index is 11.3. The normalized spacial score (nSPS) is 38.2. The summed E-state index contributed by atoms with van der Waals surface area (Å²) in [6.45, 7) is 2.10. The molecule has 3 nitrogen and oxygen atoms in total. The molecule has 0 aliphatic heterocycles. The van der Waals surface area contributed by atoms with E-state index in [1.165, 1.54) is 0 Å². The number of hydrogen-bond donors (Lipinski definition) is 2. The molecule has 0 spiro atoms. The Morgan fingerprint density at radius 2 is 2.29 bits per heavy atom. The van der Waals surface area contributed by atoms with E-state index in [-0.39, 0.29) is 23.9 Å². The van der Waals surface area contributed by atoms with Gasteiger partial charge in [0.15, 0.2) is 0 Å². The second-order valence-corrected chi connectivity index (χ2v) is 5.43. The molecule has 5 atom stereocenters. The van der Waals surface area contributed by atoms with Gasteiger partial charge >= 0.3 is 0 Å². The van der Waals surface area contributed by atoms with E-state index in [1.807, 2.05) is 6.08 Å². The molecule has 2 rings (SSSR count). The van der Waals surface area contributed by atoms with E-state index >= 15 is 0 Å². The van der Waals surface area contributed by atoms with Crippen molar-refractivity contribution in [1.82, 2.24) is 0 Å². The summed E-state index contributed by atoms with van der Waals surface area (Å²) in [7, 11) is 0. The molecule has 0 saturated heterocycles. The van der Waals surface area contributed by atoms with E-state index in [1.54, 1.807) is 6.08 Å². The summed E-state index contributed by atoms with van der Waals surface area (Å²) >= 11 is 0. The molecule has 2 fully saturated rings. The van der Waals surface area contributed by atoms with Crippen LogP contribution in [0.15, 0.2) is 12.2 Å². The zero-order valence-corrected chi connectivity index (χ0v) is 10.4. The highest BCUT2D eigenvalue weighted by Crippen LogP contribution is 2.47. The van der Waals surface area contributed by atoms with Crippen LogP contribution in [0.4, 0.5) is 0 Å². The lowest BCUT2D eigenvalue weighted by Gasteiger charge is -2.30. The van der Waals surface area contributed by atoms with Crippen molar-refractivity contribution in [1.29, 1.82) is 0 Å². The molecule has 0 amide bonds. The molecule has 0 heterocycles. The number of carbonyl (C=O) groups excluding carboxylic acids is 1. The largest absolute Gasteiger partial charge is 0.392 e. The summed E-state index contributed by atoms with van der Waals surface area (Å²) in [5.74, 6) is 0.640. The van der Waals surface area contributed by atoms with Gasteiger partial charge in [0.1, 0.15) is 5.78 Å². The fraction of sp³-hybridized carbons (Fsp3) is 0.786. The maximum absolute atomic E-state index is 11.3. The molecule has 0 aromatic carbocycles. The number of unbranched alkanes of at least 4 members (excludes halogenated alkanes) is 1. The van der Waals surface area contributed by atoms with Crippen molar-refractivity contribution in [2.24, 2.45) is 17.8 Å². The zero-order chi connectivity index (χ0) is 12.4. The van der Waals surface area contributed by atoms with E-state index in [0.717, 1.165) is 25.7 Å². The van der Waals surface area contributed by atoms with Gasteiger partial charge in [-0.15, -0.1) is 0 Å². The predicted octanol–water partition coefficient (Wildman–Crippen LogP) is 1.68. The Hall–Kier alpha value is -0.670. The van der Waals surface area contributed by atoms with Crippen molar-refractivity contribution < 1.29 is 15.0 Å². The minimum atomic E-state index is -0.406. The molecular formula is C14H22O3. The lowest BCUT2D eigenvalue weighted by Crippen LogP contribution is -2.38. The van der Waals surface area contributed by atoms with E-state index in [0.29, 0.717) is 12.2 Å². The molecule has 2 aliphatic carbocycles. The average molecular weight is 238 g/mol. The van der Waals surface area contributed by atoms with Gasteiger partial charge in [0, 0.05) is 24.2 Å². The molecule has 0 aromatic rings. The molecule has 2 aliphatic rings. The molecule has 17 heavy (non-hydrogen) atoms. The Morgan fingerprint density at radius 1 is 1.53 bits per heavy atom. The van der Waals surface area contributed by atoms with Gasteiger partial charge in [0.25, 0.3) is 0 Å². The summed E-state index contributed by atoms with van der Waals surface area (Å²) < 4.78 is 0. The van der Waals surface area contributed by atoms with Crippen molar-refractivity contribution in [3.8, 4) is 0 Å². The first-order chi connectivity index (χ1) is 8.13. The van der Waals surface area contributed by atoms with Crippen LogP contribution in [0.2, 0.25) is 0 Å². The number of fused-ring (bicyclic) bond motifs is 1. The van der Waals surface area contributed by atoms with Gasteiger partial charge in [-0.1, -0.05) is 31.9 Å². The Balaban J connectivity index is 1.83. The highest BCUT2D eigenvalue weighted by Gasteiger charge is 2.51. The zero-order valence-electron chi connectivity index (χ0n) is 10.4. The highest BCUT2D eigenvalue weighted by atomic mass is 16.3. The number of aliphatic hydroxyl groups is 2. The fourth-order valence-electron chi connectivity index (χ4n) is 2.99. The van der Waals surface area contributed by atoms with Crippen LogP contribution in [-0.2, 0) is 4.79 Å². The summed E-state index contributed by atoms with van der Waals surface area (Å²) in [6, 6.07) is 0. The van der Waals surface area contributed by atoms with Crippen LogP contribution in [0.3, 0.4) is 0 Å². The van der Waals surface area contributed by atoms with E-state index in [4.69, 9.17) is 0 Å². The van der Waals surface area contributed by atoms with Crippen LogP contribution < -0.4 is 0 Å². The molecule has 2 saturated carbocycles. The summed E-state index contributed by atoms with van der Waals surface area (Å²) in [4.78, 5) is 11.3. The minimum absolute atomic E-state index is 0.0627. The summed E-state index contributed by atoms with van der Waals surface area (Å²) in [5.41, 5.74) is 0. The number of Topliss-reactive ketones (excluding diaryl/α,β-unsaturated/α-hetero) is 1. The highest BCUT2D eigenvalue weighted by molar-refractivity contribution is 5.88. The molecule has 96 valence electrons. The Kier molecular flexibility index (Phi) is 4.00. The lowest BCUT2D eigenvalue weighted by atomic mass is 9.74. The van der Waals surface area contributed by atoms with Gasteiger partial charge in [-0.05, 0) is 12.8 Å². The van der Waals surface area contributed by atoms with Crippen LogP contribution in [0.5, 0.6) is 0 Å². The molecule has 3 heteroatoms. The van der Waals surface area contributed by atoms with Crippen molar-refractivity contribution >= 4 is 5.78 Å². The Morgan fingerprint density at radius 3 is 2.88 bits per heavy atom. The van der Waals surface area contributed by atoms with Crippen LogP contribution in [0.1, 0.15) is 39.0 Å². The maximum Gasteiger partial charge on any atom is 0.136 e. The summed E-state index contributed by atoms with van der Waals surface area (Å²) in [6.07, 6.45) is 7.11. The topological polar surface area (TPSA) is 57.5 Å². The summed E-state index contributed by atoms with van der Waals surface area (Å²) in [5, 5.41) is 19.7. The third-order valence-corrected chi connectivity index (χ3v) is 4.20. The SMILES string of the molecule is CCCCC(O)C=CC1C[C@@H]2C(=O)C[C@H]2C1O. The third-order valence-electron chi connectivity index (χ3n) is 4.20. The fourth-order valence-corrected chi connectivity index (χ4v) is 2.99. The minimum Gasteiger partial charge on any atom is -0.392 e. The molecule has 0 radical (unpaired) electrons. The number of carbonyl (C=O) groups is 1. The molecule has 2 N–H and O–H groups in total. The van der Waals surface area contributed by atoms with Crippen LogP contribution >= 0.6 is 0 Å². The van der Waals surface area contributed by atoms with E-state index < -0.39 is 6.10 Å². The number of hydrogen-bond acceptors (Lipinski definition) is 3. The molecule has 0 aromatic heterocycles.